The van der Waals surface area contributed by atoms with E-state index in [1.54, 1.807) is 14.0 Å². The molecule has 0 spiro atoms. The topological polar surface area (TPSA) is 77.8 Å². The molecule has 1 aliphatic heterocycles. The Morgan fingerprint density at radius 1 is 1.00 bits per heavy atom. The highest BCUT2D eigenvalue weighted by Gasteiger charge is 2.47. The van der Waals surface area contributed by atoms with Crippen molar-refractivity contribution in [1.82, 2.24) is 9.47 Å². The highest BCUT2D eigenvalue weighted by molar-refractivity contribution is 5.97. The third-order valence-electron chi connectivity index (χ3n) is 10.9. The summed E-state index contributed by atoms with van der Waals surface area (Å²) in [5.41, 5.74) is 2.28. The van der Waals surface area contributed by atoms with Gasteiger partial charge in [0, 0.05) is 43.9 Å². The Bertz CT molecular complexity index is 1290. The van der Waals surface area contributed by atoms with Crippen LogP contribution in [0.2, 0.25) is 0 Å². The lowest BCUT2D eigenvalue weighted by Crippen LogP contribution is -2.48. The highest BCUT2D eigenvalue weighted by atomic mass is 19.1. The summed E-state index contributed by atoms with van der Waals surface area (Å²) in [7, 11) is 3.62. The third-order valence-corrected chi connectivity index (χ3v) is 10.9. The predicted molar refractivity (Wildman–Crippen MR) is 165 cm³/mol. The van der Waals surface area contributed by atoms with Gasteiger partial charge in [-0.15, -0.1) is 0 Å². The summed E-state index contributed by atoms with van der Waals surface area (Å²) >= 11 is 0. The van der Waals surface area contributed by atoms with Gasteiger partial charge in [-0.3, -0.25) is 14.0 Å². The molecule has 3 aliphatic rings. The molecule has 3 fully saturated rings. The SMILES string of the molecule is CCOC(=O)c1cc2cc(CC(=O)[C@@H]3[C@H](C4CCC(OC)CC4)CCN3C(=O)C3CCC(C(C)CF)CC3)ccc2n1C. The molecule has 3 atom stereocenters. The lowest BCUT2D eigenvalue weighted by molar-refractivity contribution is -0.143. The van der Waals surface area contributed by atoms with Crippen LogP contribution in [0.1, 0.15) is 87.7 Å². The number of esters is 1. The zero-order valence-electron chi connectivity index (χ0n) is 26.4. The fraction of sp³-hybridized carbons (Fsp3) is 0.686. The lowest BCUT2D eigenvalue weighted by atomic mass is 9.74. The van der Waals surface area contributed by atoms with Gasteiger partial charge in [0.15, 0.2) is 5.78 Å². The van der Waals surface area contributed by atoms with Crippen molar-refractivity contribution in [1.29, 1.82) is 0 Å². The summed E-state index contributed by atoms with van der Waals surface area (Å²) in [5, 5.41) is 0.893. The minimum atomic E-state index is -0.416. The predicted octanol–water partition coefficient (Wildman–Crippen LogP) is 6.30. The molecule has 0 radical (unpaired) electrons. The molecule has 0 N–H and O–H groups in total. The van der Waals surface area contributed by atoms with E-state index in [0.717, 1.165) is 74.3 Å². The largest absolute Gasteiger partial charge is 0.461 e. The number of carbonyl (C=O) groups is 3. The Morgan fingerprint density at radius 2 is 1.72 bits per heavy atom. The van der Waals surface area contributed by atoms with Gasteiger partial charge in [0.25, 0.3) is 0 Å². The number of nitrogens with zero attached hydrogens (tertiary/aromatic N) is 2. The summed E-state index contributed by atoms with van der Waals surface area (Å²) < 4.78 is 25.9. The molecular weight excluding hydrogens is 547 g/mol. The van der Waals surface area contributed by atoms with Crippen molar-refractivity contribution in [3.63, 3.8) is 0 Å². The van der Waals surface area contributed by atoms with E-state index in [9.17, 15) is 18.8 Å². The van der Waals surface area contributed by atoms with Crippen LogP contribution in [0.4, 0.5) is 4.39 Å². The Labute approximate surface area is 255 Å². The van der Waals surface area contributed by atoms with Crippen LogP contribution < -0.4 is 0 Å². The van der Waals surface area contributed by atoms with Gasteiger partial charge in [0.1, 0.15) is 5.69 Å². The van der Waals surface area contributed by atoms with Crippen molar-refractivity contribution in [3.05, 3.63) is 35.5 Å². The smallest absolute Gasteiger partial charge is 0.354 e. The van der Waals surface area contributed by atoms with Crippen LogP contribution in [-0.2, 0) is 32.5 Å². The number of hydrogen-bond donors (Lipinski definition) is 0. The summed E-state index contributed by atoms with van der Waals surface area (Å²) in [6.07, 6.45) is 8.74. The fourth-order valence-electron chi connectivity index (χ4n) is 8.23. The first-order chi connectivity index (χ1) is 20.7. The second kappa shape index (κ2) is 13.9. The highest BCUT2D eigenvalue weighted by Crippen LogP contribution is 2.42. The normalized spacial score (nSPS) is 28.6. The average molecular weight is 597 g/mol. The van der Waals surface area contributed by atoms with E-state index in [2.05, 4.69) is 0 Å². The van der Waals surface area contributed by atoms with Crippen molar-refractivity contribution < 1.29 is 28.2 Å². The Morgan fingerprint density at radius 3 is 2.37 bits per heavy atom. The number of rotatable bonds is 10. The number of likely N-dealkylation sites (tertiary alicyclic amines) is 1. The van der Waals surface area contributed by atoms with Crippen LogP contribution in [-0.4, -0.2) is 66.2 Å². The van der Waals surface area contributed by atoms with E-state index >= 15 is 0 Å². The maximum atomic E-state index is 14.2. The molecule has 2 saturated carbocycles. The van der Waals surface area contributed by atoms with Crippen molar-refractivity contribution in [2.45, 2.75) is 90.2 Å². The molecule has 236 valence electrons. The van der Waals surface area contributed by atoms with Crippen LogP contribution in [0.3, 0.4) is 0 Å². The first kappa shape index (κ1) is 31.7. The molecule has 2 aromatic rings. The van der Waals surface area contributed by atoms with E-state index < -0.39 is 6.04 Å². The van der Waals surface area contributed by atoms with Gasteiger partial charge in [0.2, 0.25) is 5.91 Å². The number of amides is 1. The zero-order valence-corrected chi connectivity index (χ0v) is 26.4. The molecule has 2 aliphatic carbocycles. The van der Waals surface area contributed by atoms with Crippen molar-refractivity contribution in [2.75, 3.05) is 26.9 Å². The molecule has 43 heavy (non-hydrogen) atoms. The second-order valence-electron chi connectivity index (χ2n) is 13.3. The first-order valence-electron chi connectivity index (χ1n) is 16.4. The summed E-state index contributed by atoms with van der Waals surface area (Å²) in [6.45, 7) is 4.39. The average Bonchev–Trinajstić information content (AvgIpc) is 3.62. The number of aryl methyl sites for hydroxylation is 1. The van der Waals surface area contributed by atoms with E-state index in [1.165, 1.54) is 0 Å². The van der Waals surface area contributed by atoms with Crippen LogP contribution in [0.25, 0.3) is 10.9 Å². The molecule has 7 nitrogen and oxygen atoms in total. The first-order valence-corrected chi connectivity index (χ1v) is 16.4. The number of methoxy groups -OCH3 is 1. The van der Waals surface area contributed by atoms with Gasteiger partial charge in [-0.2, -0.15) is 0 Å². The number of ether oxygens (including phenoxy) is 2. The number of ketones is 1. The standard InChI is InChI=1S/C35H49FN2O5/c1-5-43-35(41)31-20-27-18-23(6-15-30(27)37(31)3)19-32(39)33-29(25-11-13-28(42-4)14-12-25)16-17-38(33)34(40)26-9-7-24(8-10-26)22(2)21-36/h6,15,18,20,22,24-26,28-29,33H,5,7-14,16-17,19,21H2,1-4H3/t22?,24?,25?,26?,28?,29-,33-/m0/s1. The lowest BCUT2D eigenvalue weighted by Gasteiger charge is -2.37. The number of alkyl halides is 1. The summed E-state index contributed by atoms with van der Waals surface area (Å²) in [6, 6.07) is 7.31. The molecule has 2 heterocycles. The summed E-state index contributed by atoms with van der Waals surface area (Å²) in [5.74, 6) is 0.725. The third kappa shape index (κ3) is 6.69. The molecule has 0 bridgehead atoms. The quantitative estimate of drug-likeness (QED) is 0.301. The van der Waals surface area contributed by atoms with Crippen molar-refractivity contribution >= 4 is 28.6 Å². The van der Waals surface area contributed by atoms with Crippen LogP contribution in [0.15, 0.2) is 24.3 Å². The Hall–Kier alpha value is -2.74. The molecule has 1 unspecified atom stereocenters. The monoisotopic (exact) mass is 596 g/mol. The van der Waals surface area contributed by atoms with Gasteiger partial charge in [-0.05, 0) is 112 Å². The molecular formula is C35H49FN2O5. The maximum absolute atomic E-state index is 14.2. The molecule has 1 aromatic carbocycles. The number of aromatic nitrogens is 1. The number of carbonyl (C=O) groups excluding carboxylic acids is 3. The fourth-order valence-corrected chi connectivity index (χ4v) is 8.23. The molecule has 1 aromatic heterocycles. The van der Waals surface area contributed by atoms with Gasteiger partial charge >= 0.3 is 5.97 Å². The minimum Gasteiger partial charge on any atom is -0.461 e. The van der Waals surface area contributed by atoms with Gasteiger partial charge in [0.05, 0.1) is 25.4 Å². The number of Topliss-reactive ketones (excluding diaryl/α,β-unsaturated/α-hetero) is 1. The second-order valence-corrected chi connectivity index (χ2v) is 13.3. The summed E-state index contributed by atoms with van der Waals surface area (Å²) in [4.78, 5) is 42.6. The van der Waals surface area contributed by atoms with E-state index in [0.29, 0.717) is 30.7 Å². The van der Waals surface area contributed by atoms with E-state index in [4.69, 9.17) is 9.47 Å². The van der Waals surface area contributed by atoms with Crippen molar-refractivity contribution in [2.24, 2.45) is 36.6 Å². The molecule has 1 amide bonds. The van der Waals surface area contributed by atoms with Gasteiger partial charge < -0.3 is 18.9 Å². The molecule has 5 rings (SSSR count). The van der Waals surface area contributed by atoms with Crippen LogP contribution >= 0.6 is 0 Å². The Kier molecular flexibility index (Phi) is 10.3. The molecule has 8 heteroatoms. The van der Waals surface area contributed by atoms with Crippen molar-refractivity contribution in [3.8, 4) is 0 Å². The van der Waals surface area contributed by atoms with Gasteiger partial charge in [-0.1, -0.05) is 13.0 Å². The van der Waals surface area contributed by atoms with E-state index in [1.807, 2.05) is 47.7 Å². The number of hydrogen-bond acceptors (Lipinski definition) is 5. The number of fused-ring (bicyclic) bond motifs is 1. The van der Waals surface area contributed by atoms with Gasteiger partial charge in [-0.25, -0.2) is 4.79 Å². The number of benzene rings is 1. The zero-order chi connectivity index (χ0) is 30.7. The van der Waals surface area contributed by atoms with Crippen LogP contribution in [0.5, 0.6) is 0 Å². The van der Waals surface area contributed by atoms with E-state index in [-0.39, 0.29) is 54.6 Å². The maximum Gasteiger partial charge on any atom is 0.354 e. The van der Waals surface area contributed by atoms with Crippen LogP contribution in [0, 0.1) is 29.6 Å². The minimum absolute atomic E-state index is 0.0408. The number of halogens is 1. The Balaban J connectivity index is 1.35. The molecule has 1 saturated heterocycles.